The van der Waals surface area contributed by atoms with Gasteiger partial charge in [0.25, 0.3) is 0 Å². The van der Waals surface area contributed by atoms with Crippen molar-refractivity contribution in [2.45, 2.75) is 59.0 Å². The van der Waals surface area contributed by atoms with E-state index in [2.05, 4.69) is 60.9 Å². The van der Waals surface area contributed by atoms with Crippen LogP contribution in [0.4, 0.5) is 5.82 Å². The van der Waals surface area contributed by atoms with Crippen molar-refractivity contribution in [1.29, 1.82) is 0 Å². The summed E-state index contributed by atoms with van der Waals surface area (Å²) in [6.45, 7) is 10.7. The fourth-order valence-corrected chi connectivity index (χ4v) is 3.07. The Morgan fingerprint density at radius 3 is 2.76 bits per heavy atom. The molecule has 21 heavy (non-hydrogen) atoms. The van der Waals surface area contributed by atoms with Gasteiger partial charge >= 0.3 is 0 Å². The highest BCUT2D eigenvalue weighted by atomic mass is 32.1. The molecule has 0 amide bonds. The summed E-state index contributed by atoms with van der Waals surface area (Å²) < 4.78 is 2.22. The van der Waals surface area contributed by atoms with Crippen LogP contribution in [-0.2, 0) is 6.54 Å². The van der Waals surface area contributed by atoms with Crippen LogP contribution in [0.15, 0.2) is 11.6 Å². The smallest absolute Gasteiger partial charge is 0.195 e. The minimum absolute atomic E-state index is 0.109. The lowest BCUT2D eigenvalue weighted by atomic mass is 10.1. The van der Waals surface area contributed by atoms with Gasteiger partial charge in [0.1, 0.15) is 0 Å². The SMILES string of the molecule is CCCCCN(C)c1nc2sccn2c1CNC(C)(C)C. The van der Waals surface area contributed by atoms with E-state index in [1.54, 1.807) is 11.3 Å². The van der Waals surface area contributed by atoms with Crippen molar-refractivity contribution in [1.82, 2.24) is 14.7 Å². The molecule has 0 saturated carbocycles. The normalized spacial score (nSPS) is 12.2. The highest BCUT2D eigenvalue weighted by Gasteiger charge is 2.18. The lowest BCUT2D eigenvalue weighted by Crippen LogP contribution is -2.36. The largest absolute Gasteiger partial charge is 0.358 e. The van der Waals surface area contributed by atoms with Gasteiger partial charge in [-0.05, 0) is 27.2 Å². The van der Waals surface area contributed by atoms with Crippen LogP contribution >= 0.6 is 11.3 Å². The zero-order valence-electron chi connectivity index (χ0n) is 13.9. The third kappa shape index (κ3) is 4.20. The van der Waals surface area contributed by atoms with Crippen molar-refractivity contribution in [3.63, 3.8) is 0 Å². The molecule has 0 aromatic carbocycles. The Hall–Kier alpha value is -1.07. The van der Waals surface area contributed by atoms with Crippen LogP contribution in [0.3, 0.4) is 0 Å². The number of imidazole rings is 1. The summed E-state index contributed by atoms with van der Waals surface area (Å²) in [5.74, 6) is 1.12. The number of fused-ring (bicyclic) bond motifs is 1. The third-order valence-electron chi connectivity index (χ3n) is 3.58. The number of nitrogens with zero attached hydrogens (tertiary/aromatic N) is 3. The second-order valence-electron chi connectivity index (χ2n) is 6.67. The topological polar surface area (TPSA) is 32.6 Å². The second kappa shape index (κ2) is 6.79. The van der Waals surface area contributed by atoms with Crippen molar-refractivity contribution in [2.24, 2.45) is 0 Å². The maximum atomic E-state index is 4.82. The van der Waals surface area contributed by atoms with E-state index in [0.717, 1.165) is 23.9 Å². The van der Waals surface area contributed by atoms with Crippen LogP contribution < -0.4 is 10.2 Å². The van der Waals surface area contributed by atoms with Crippen LogP contribution in [0.1, 0.15) is 52.7 Å². The molecule has 0 radical (unpaired) electrons. The number of thiazole rings is 1. The molecule has 0 aliphatic carbocycles. The minimum atomic E-state index is 0.109. The Labute approximate surface area is 132 Å². The fourth-order valence-electron chi connectivity index (χ4n) is 2.34. The van der Waals surface area contributed by atoms with Crippen LogP contribution in [0.5, 0.6) is 0 Å². The zero-order chi connectivity index (χ0) is 15.5. The first kappa shape index (κ1) is 16.3. The van der Waals surface area contributed by atoms with Gasteiger partial charge in [0.2, 0.25) is 0 Å². The quantitative estimate of drug-likeness (QED) is 0.787. The van der Waals surface area contributed by atoms with E-state index in [1.165, 1.54) is 25.0 Å². The Bertz CT molecular complexity index is 564. The van der Waals surface area contributed by atoms with Crippen LogP contribution in [0, 0.1) is 0 Å². The first-order chi connectivity index (χ1) is 9.92. The maximum absolute atomic E-state index is 4.82. The molecule has 0 aliphatic heterocycles. The van der Waals surface area contributed by atoms with E-state index < -0.39 is 0 Å². The molecule has 0 unspecified atom stereocenters. The van der Waals surface area contributed by atoms with Crippen molar-refractivity contribution < 1.29 is 0 Å². The van der Waals surface area contributed by atoms with Gasteiger partial charge in [-0.25, -0.2) is 4.98 Å². The van der Waals surface area contributed by atoms with Gasteiger partial charge < -0.3 is 10.2 Å². The number of rotatable bonds is 7. The number of hydrogen-bond donors (Lipinski definition) is 1. The molecule has 5 heteroatoms. The summed E-state index contributed by atoms with van der Waals surface area (Å²) >= 11 is 1.70. The number of anilines is 1. The number of aromatic nitrogens is 2. The molecular weight excluding hydrogens is 280 g/mol. The van der Waals surface area contributed by atoms with Gasteiger partial charge in [-0.15, -0.1) is 11.3 Å². The maximum Gasteiger partial charge on any atom is 0.195 e. The molecule has 0 atom stereocenters. The zero-order valence-corrected chi connectivity index (χ0v) is 14.8. The molecular formula is C16H28N4S. The predicted molar refractivity (Wildman–Crippen MR) is 92.5 cm³/mol. The summed E-state index contributed by atoms with van der Waals surface area (Å²) in [7, 11) is 2.16. The number of hydrogen-bond acceptors (Lipinski definition) is 4. The summed E-state index contributed by atoms with van der Waals surface area (Å²) in [4.78, 5) is 8.20. The van der Waals surface area contributed by atoms with E-state index in [9.17, 15) is 0 Å². The Kier molecular flexibility index (Phi) is 5.27. The fraction of sp³-hybridized carbons (Fsp3) is 0.688. The van der Waals surface area contributed by atoms with E-state index in [0.29, 0.717) is 0 Å². The first-order valence-electron chi connectivity index (χ1n) is 7.83. The third-order valence-corrected chi connectivity index (χ3v) is 4.34. The first-order valence-corrected chi connectivity index (χ1v) is 8.71. The highest BCUT2D eigenvalue weighted by Crippen LogP contribution is 2.24. The molecule has 2 heterocycles. The van der Waals surface area contributed by atoms with Crippen LogP contribution in [-0.4, -0.2) is 28.5 Å². The van der Waals surface area contributed by atoms with Crippen molar-refractivity contribution >= 4 is 22.1 Å². The molecule has 2 aromatic rings. The molecule has 4 nitrogen and oxygen atoms in total. The molecule has 2 rings (SSSR count). The minimum Gasteiger partial charge on any atom is -0.358 e. The Balaban J connectivity index is 2.19. The summed E-state index contributed by atoms with van der Waals surface area (Å²) in [6.07, 6.45) is 5.88. The average Bonchev–Trinajstić information content (AvgIpc) is 2.96. The predicted octanol–water partition coefficient (Wildman–Crippen LogP) is 3.91. The molecule has 0 saturated heterocycles. The van der Waals surface area contributed by atoms with Gasteiger partial charge in [0.05, 0.1) is 5.69 Å². The van der Waals surface area contributed by atoms with E-state index >= 15 is 0 Å². The lowest BCUT2D eigenvalue weighted by Gasteiger charge is -2.23. The molecule has 1 N–H and O–H groups in total. The van der Waals surface area contributed by atoms with E-state index in [-0.39, 0.29) is 5.54 Å². The number of unbranched alkanes of at least 4 members (excludes halogenated alkanes) is 2. The summed E-state index contributed by atoms with van der Waals surface area (Å²) in [5.41, 5.74) is 1.37. The Morgan fingerprint density at radius 2 is 2.10 bits per heavy atom. The van der Waals surface area contributed by atoms with Crippen molar-refractivity contribution in [2.75, 3.05) is 18.5 Å². The molecule has 0 aliphatic rings. The lowest BCUT2D eigenvalue weighted by molar-refractivity contribution is 0.420. The molecule has 0 spiro atoms. The number of nitrogens with one attached hydrogen (secondary N) is 1. The summed E-state index contributed by atoms with van der Waals surface area (Å²) in [5, 5.41) is 5.69. The monoisotopic (exact) mass is 308 g/mol. The van der Waals surface area contributed by atoms with Gasteiger partial charge in [-0.2, -0.15) is 0 Å². The van der Waals surface area contributed by atoms with Gasteiger partial charge in [0.15, 0.2) is 10.8 Å². The van der Waals surface area contributed by atoms with Gasteiger partial charge in [0, 0.05) is 37.3 Å². The molecule has 2 aromatic heterocycles. The standard InChI is InChI=1S/C16H28N4S/c1-6-7-8-9-19(5)14-13(12-17-16(2,3)4)20-10-11-21-15(20)18-14/h10-11,17H,6-9,12H2,1-5H3. The molecule has 0 fully saturated rings. The highest BCUT2D eigenvalue weighted by molar-refractivity contribution is 7.15. The second-order valence-corrected chi connectivity index (χ2v) is 7.54. The average molecular weight is 308 g/mol. The van der Waals surface area contributed by atoms with Crippen LogP contribution in [0.25, 0.3) is 4.96 Å². The van der Waals surface area contributed by atoms with Gasteiger partial charge in [-0.3, -0.25) is 4.40 Å². The molecule has 118 valence electrons. The van der Waals surface area contributed by atoms with Crippen molar-refractivity contribution in [3.05, 3.63) is 17.3 Å². The van der Waals surface area contributed by atoms with Crippen LogP contribution in [0.2, 0.25) is 0 Å². The van der Waals surface area contributed by atoms with E-state index in [4.69, 9.17) is 4.98 Å². The van der Waals surface area contributed by atoms with Gasteiger partial charge in [-0.1, -0.05) is 19.8 Å². The van der Waals surface area contributed by atoms with Crippen molar-refractivity contribution in [3.8, 4) is 0 Å². The van der Waals surface area contributed by atoms with E-state index in [1.807, 2.05) is 0 Å². The Morgan fingerprint density at radius 1 is 1.33 bits per heavy atom. The summed E-state index contributed by atoms with van der Waals surface area (Å²) in [6, 6.07) is 0. The molecule has 0 bridgehead atoms.